The Morgan fingerprint density at radius 3 is 2.83 bits per heavy atom. The highest BCUT2D eigenvalue weighted by Gasteiger charge is 2.25. The van der Waals surface area contributed by atoms with Gasteiger partial charge >= 0.3 is 0 Å². The summed E-state index contributed by atoms with van der Waals surface area (Å²) in [6.45, 7) is 0.969. The Morgan fingerprint density at radius 1 is 1.28 bits per heavy atom. The summed E-state index contributed by atoms with van der Waals surface area (Å²) >= 11 is 0. The van der Waals surface area contributed by atoms with Crippen LogP contribution in [-0.4, -0.2) is 28.6 Å². The van der Waals surface area contributed by atoms with Gasteiger partial charge in [0.2, 0.25) is 5.89 Å². The van der Waals surface area contributed by atoms with Crippen molar-refractivity contribution in [3.8, 4) is 0 Å². The van der Waals surface area contributed by atoms with Gasteiger partial charge in [-0.2, -0.15) is 4.98 Å². The average molecular weight is 250 g/mol. The van der Waals surface area contributed by atoms with E-state index in [1.165, 1.54) is 12.8 Å². The molecule has 98 valence electrons. The van der Waals surface area contributed by atoms with E-state index in [2.05, 4.69) is 20.8 Å². The van der Waals surface area contributed by atoms with Gasteiger partial charge in [0.1, 0.15) is 0 Å². The number of amides is 1. The largest absolute Gasteiger partial charge is 0.346 e. The van der Waals surface area contributed by atoms with Crippen LogP contribution in [0, 0.1) is 0 Å². The van der Waals surface area contributed by atoms with Crippen LogP contribution in [0.2, 0.25) is 0 Å². The van der Waals surface area contributed by atoms with Gasteiger partial charge in [-0.3, -0.25) is 4.79 Å². The molecule has 1 amide bonds. The molecule has 18 heavy (non-hydrogen) atoms. The van der Waals surface area contributed by atoms with Crippen LogP contribution in [0.25, 0.3) is 0 Å². The molecule has 1 aliphatic carbocycles. The van der Waals surface area contributed by atoms with Gasteiger partial charge in [0.15, 0.2) is 0 Å². The smallest absolute Gasteiger partial charge is 0.292 e. The molecule has 0 aromatic carbocycles. The normalized spacial score (nSPS) is 24.6. The minimum Gasteiger partial charge on any atom is -0.346 e. The molecule has 1 unspecified atom stereocenters. The first-order chi connectivity index (χ1) is 8.83. The first-order valence-electron chi connectivity index (χ1n) is 6.71. The Labute approximate surface area is 106 Å². The molecule has 0 spiro atoms. The van der Waals surface area contributed by atoms with Gasteiger partial charge in [0.25, 0.3) is 11.7 Å². The van der Waals surface area contributed by atoms with Crippen molar-refractivity contribution in [3.05, 3.63) is 11.7 Å². The second kappa shape index (κ2) is 5.06. The fourth-order valence-electron chi connectivity index (χ4n) is 2.68. The molecule has 0 bridgehead atoms. The number of nitrogens with one attached hydrogen (secondary N) is 2. The van der Waals surface area contributed by atoms with Crippen LogP contribution in [0.4, 0.5) is 0 Å². The second-order valence-electron chi connectivity index (χ2n) is 5.06. The zero-order valence-electron chi connectivity index (χ0n) is 10.3. The molecule has 1 atom stereocenters. The molecule has 2 fully saturated rings. The van der Waals surface area contributed by atoms with Gasteiger partial charge in [-0.25, -0.2) is 0 Å². The van der Waals surface area contributed by atoms with E-state index in [1.54, 1.807) is 0 Å². The molecule has 1 saturated carbocycles. The molecule has 1 aromatic heterocycles. The van der Waals surface area contributed by atoms with Crippen molar-refractivity contribution in [2.75, 3.05) is 6.54 Å². The van der Waals surface area contributed by atoms with E-state index in [0.717, 1.165) is 32.2 Å². The summed E-state index contributed by atoms with van der Waals surface area (Å²) in [5, 5.41) is 9.99. The number of carbonyl (C=O) groups is 1. The Hall–Kier alpha value is -1.43. The lowest BCUT2D eigenvalue weighted by Gasteiger charge is -2.08. The SMILES string of the molecule is O=C(NC1CCCC1)c1noc(C2CCCN2)n1. The Balaban J connectivity index is 1.62. The average Bonchev–Trinajstić information content (AvgIpc) is 3.11. The number of nitrogens with zero attached hydrogens (tertiary/aromatic N) is 2. The topological polar surface area (TPSA) is 80.0 Å². The van der Waals surface area contributed by atoms with Crippen LogP contribution in [-0.2, 0) is 0 Å². The summed E-state index contributed by atoms with van der Waals surface area (Å²) < 4.78 is 5.15. The van der Waals surface area contributed by atoms with Gasteiger partial charge < -0.3 is 15.2 Å². The van der Waals surface area contributed by atoms with Crippen molar-refractivity contribution < 1.29 is 9.32 Å². The maximum atomic E-state index is 11.9. The molecule has 6 nitrogen and oxygen atoms in total. The van der Waals surface area contributed by atoms with E-state index < -0.39 is 0 Å². The summed E-state index contributed by atoms with van der Waals surface area (Å²) in [7, 11) is 0. The van der Waals surface area contributed by atoms with E-state index >= 15 is 0 Å². The Morgan fingerprint density at radius 2 is 2.11 bits per heavy atom. The van der Waals surface area contributed by atoms with Gasteiger partial charge in [0.05, 0.1) is 6.04 Å². The van der Waals surface area contributed by atoms with E-state index in [0.29, 0.717) is 5.89 Å². The third kappa shape index (κ3) is 2.38. The predicted molar refractivity (Wildman–Crippen MR) is 64.0 cm³/mol. The number of hydrogen-bond donors (Lipinski definition) is 2. The van der Waals surface area contributed by atoms with Gasteiger partial charge in [0, 0.05) is 6.04 Å². The van der Waals surface area contributed by atoms with Crippen molar-refractivity contribution in [3.63, 3.8) is 0 Å². The first-order valence-corrected chi connectivity index (χ1v) is 6.71. The molecule has 2 heterocycles. The van der Waals surface area contributed by atoms with E-state index in [-0.39, 0.29) is 23.8 Å². The maximum absolute atomic E-state index is 11.9. The summed E-state index contributed by atoms with van der Waals surface area (Å²) in [6, 6.07) is 0.398. The Kier molecular flexibility index (Phi) is 3.27. The fraction of sp³-hybridized carbons (Fsp3) is 0.750. The van der Waals surface area contributed by atoms with Crippen molar-refractivity contribution >= 4 is 5.91 Å². The molecule has 1 saturated heterocycles. The molecule has 2 aliphatic rings. The van der Waals surface area contributed by atoms with Crippen LogP contribution in [0.1, 0.15) is 61.1 Å². The monoisotopic (exact) mass is 250 g/mol. The number of rotatable bonds is 3. The lowest BCUT2D eigenvalue weighted by atomic mass is 10.2. The summed E-state index contributed by atoms with van der Waals surface area (Å²) in [5.74, 6) is 0.476. The fourth-order valence-corrected chi connectivity index (χ4v) is 2.68. The zero-order chi connectivity index (χ0) is 12.4. The molecular weight excluding hydrogens is 232 g/mol. The predicted octanol–water partition coefficient (Wildman–Crippen LogP) is 1.17. The standard InChI is InChI=1S/C12H18N4O2/c17-11(14-8-4-1-2-5-8)10-15-12(18-16-10)9-6-3-7-13-9/h8-9,13H,1-7H2,(H,14,17). The lowest BCUT2D eigenvalue weighted by molar-refractivity contribution is 0.0924. The highest BCUT2D eigenvalue weighted by atomic mass is 16.5. The molecule has 1 aliphatic heterocycles. The van der Waals surface area contributed by atoms with Crippen LogP contribution >= 0.6 is 0 Å². The van der Waals surface area contributed by atoms with Crippen LogP contribution in [0.5, 0.6) is 0 Å². The van der Waals surface area contributed by atoms with E-state index in [4.69, 9.17) is 4.52 Å². The third-order valence-corrected chi connectivity index (χ3v) is 3.69. The minimum atomic E-state index is -0.213. The zero-order valence-corrected chi connectivity index (χ0v) is 10.3. The first kappa shape index (κ1) is 11.6. The molecular formula is C12H18N4O2. The summed E-state index contributed by atoms with van der Waals surface area (Å²) in [5.41, 5.74) is 0. The van der Waals surface area contributed by atoms with Crippen molar-refractivity contribution in [1.82, 2.24) is 20.8 Å². The van der Waals surface area contributed by atoms with Gasteiger partial charge in [-0.05, 0) is 32.2 Å². The highest BCUT2D eigenvalue weighted by molar-refractivity contribution is 5.90. The molecule has 1 aromatic rings. The van der Waals surface area contributed by atoms with Crippen molar-refractivity contribution in [1.29, 1.82) is 0 Å². The quantitative estimate of drug-likeness (QED) is 0.841. The van der Waals surface area contributed by atoms with Gasteiger partial charge in [-0.1, -0.05) is 18.0 Å². The van der Waals surface area contributed by atoms with Gasteiger partial charge in [-0.15, -0.1) is 0 Å². The molecule has 3 rings (SSSR count). The summed E-state index contributed by atoms with van der Waals surface area (Å²) in [4.78, 5) is 16.1. The molecule has 6 heteroatoms. The van der Waals surface area contributed by atoms with Crippen LogP contribution in [0.15, 0.2) is 4.52 Å². The second-order valence-corrected chi connectivity index (χ2v) is 5.06. The minimum absolute atomic E-state index is 0.116. The van der Waals surface area contributed by atoms with Crippen molar-refractivity contribution in [2.45, 2.75) is 50.6 Å². The summed E-state index contributed by atoms with van der Waals surface area (Å²) in [6.07, 6.45) is 6.59. The van der Waals surface area contributed by atoms with E-state index in [1.807, 2.05) is 0 Å². The highest BCUT2D eigenvalue weighted by Crippen LogP contribution is 2.21. The number of aromatic nitrogens is 2. The number of carbonyl (C=O) groups excluding carboxylic acids is 1. The van der Waals surface area contributed by atoms with E-state index in [9.17, 15) is 4.79 Å². The lowest BCUT2D eigenvalue weighted by Crippen LogP contribution is -2.33. The Bertz CT molecular complexity index is 419. The maximum Gasteiger partial charge on any atom is 0.292 e. The van der Waals surface area contributed by atoms with Crippen molar-refractivity contribution in [2.24, 2.45) is 0 Å². The third-order valence-electron chi connectivity index (χ3n) is 3.69. The molecule has 2 N–H and O–H groups in total. The van der Waals surface area contributed by atoms with Crippen LogP contribution in [0.3, 0.4) is 0 Å². The number of hydrogen-bond acceptors (Lipinski definition) is 5. The molecule has 0 radical (unpaired) electrons. The van der Waals surface area contributed by atoms with Crippen LogP contribution < -0.4 is 10.6 Å².